The van der Waals surface area contributed by atoms with E-state index in [-0.39, 0.29) is 24.9 Å². The molecule has 21 heavy (non-hydrogen) atoms. The molecule has 0 aromatic heterocycles. The summed E-state index contributed by atoms with van der Waals surface area (Å²) in [6, 6.07) is 4.61. The summed E-state index contributed by atoms with van der Waals surface area (Å²) in [5.41, 5.74) is 1.94. The van der Waals surface area contributed by atoms with Gasteiger partial charge in [0.1, 0.15) is 17.4 Å². The predicted octanol–water partition coefficient (Wildman–Crippen LogP) is 2.18. The average Bonchev–Trinajstić information content (AvgIpc) is 2.86. The summed E-state index contributed by atoms with van der Waals surface area (Å²) in [6.07, 6.45) is 0. The minimum absolute atomic E-state index is 0. The number of halogens is 1. The molecule has 9 heteroatoms. The van der Waals surface area contributed by atoms with Gasteiger partial charge in [-0.2, -0.15) is 8.73 Å². The van der Waals surface area contributed by atoms with Crippen LogP contribution in [-0.2, 0) is 20.9 Å². The number of hydrogen-bond acceptors (Lipinski definition) is 5. The first kappa shape index (κ1) is 17.3. The van der Waals surface area contributed by atoms with Crippen LogP contribution in [0.1, 0.15) is 6.92 Å². The molecule has 0 saturated carbocycles. The van der Waals surface area contributed by atoms with Crippen LogP contribution in [0.4, 0.5) is 17.1 Å². The molecule has 0 spiro atoms. The summed E-state index contributed by atoms with van der Waals surface area (Å²) in [5.74, 6) is -1.26. The van der Waals surface area contributed by atoms with Gasteiger partial charge in [0.2, 0.25) is 5.91 Å². The van der Waals surface area contributed by atoms with Gasteiger partial charge in [0.15, 0.2) is 0 Å². The lowest BCUT2D eigenvalue weighted by molar-refractivity contribution is -0.142. The number of benzene rings is 1. The molecule has 1 unspecified atom stereocenters. The SMILES string of the molecule is CC(C(=O)O)N(C)CC(=O)Nc1cccc2c1N=S=N2.Cl. The Bertz CT molecular complexity index is 631. The fraction of sp³-hybridized carbons (Fsp3) is 0.333. The number of rotatable bonds is 5. The molecule has 1 aromatic rings. The largest absolute Gasteiger partial charge is 0.480 e. The first-order valence-corrected chi connectivity index (χ1v) is 6.66. The third-order valence-corrected chi connectivity index (χ3v) is 3.51. The predicted molar refractivity (Wildman–Crippen MR) is 83.6 cm³/mol. The molecule has 1 aliphatic heterocycles. The van der Waals surface area contributed by atoms with Gasteiger partial charge in [-0.3, -0.25) is 14.5 Å². The monoisotopic (exact) mass is 330 g/mol. The lowest BCUT2D eigenvalue weighted by Gasteiger charge is -2.20. The van der Waals surface area contributed by atoms with E-state index in [1.54, 1.807) is 19.2 Å². The molecule has 1 aromatic carbocycles. The number of likely N-dealkylation sites (N-methyl/N-ethyl adjacent to an activating group) is 1. The van der Waals surface area contributed by atoms with Gasteiger partial charge in [-0.1, -0.05) is 6.07 Å². The molecule has 1 atom stereocenters. The Kier molecular flexibility index (Phi) is 6.01. The summed E-state index contributed by atoms with van der Waals surface area (Å²) < 4.78 is 8.21. The van der Waals surface area contributed by atoms with E-state index in [1.807, 2.05) is 6.07 Å². The number of aliphatic carboxylic acids is 1. The lowest BCUT2D eigenvalue weighted by Crippen LogP contribution is -2.40. The van der Waals surface area contributed by atoms with Crippen molar-refractivity contribution in [3.63, 3.8) is 0 Å². The van der Waals surface area contributed by atoms with Gasteiger partial charge < -0.3 is 10.4 Å². The molecule has 0 aliphatic carbocycles. The number of carboxylic acids is 1. The van der Waals surface area contributed by atoms with Crippen molar-refractivity contribution in [2.75, 3.05) is 18.9 Å². The zero-order valence-corrected chi connectivity index (χ0v) is 13.1. The van der Waals surface area contributed by atoms with Crippen LogP contribution in [0.15, 0.2) is 26.9 Å². The highest BCUT2D eigenvalue weighted by molar-refractivity contribution is 7.58. The smallest absolute Gasteiger partial charge is 0.320 e. The first-order chi connectivity index (χ1) is 9.49. The quantitative estimate of drug-likeness (QED) is 0.878. The summed E-state index contributed by atoms with van der Waals surface area (Å²) in [7, 11) is 1.59. The number of carbonyl (C=O) groups is 2. The molecular weight excluding hydrogens is 316 g/mol. The minimum atomic E-state index is -0.967. The fourth-order valence-electron chi connectivity index (χ4n) is 1.65. The van der Waals surface area contributed by atoms with Crippen LogP contribution in [0.25, 0.3) is 0 Å². The third-order valence-electron chi connectivity index (χ3n) is 2.97. The normalized spacial score (nSPS) is 13.1. The Hall–Kier alpha value is -1.77. The second-order valence-corrected chi connectivity index (χ2v) is 4.94. The molecule has 0 fully saturated rings. The van der Waals surface area contributed by atoms with Gasteiger partial charge in [-0.05, 0) is 26.1 Å². The van der Waals surface area contributed by atoms with Crippen LogP contribution in [0.2, 0.25) is 0 Å². The van der Waals surface area contributed by atoms with Crippen molar-refractivity contribution in [2.24, 2.45) is 8.73 Å². The van der Waals surface area contributed by atoms with Crippen LogP contribution in [0.5, 0.6) is 0 Å². The van der Waals surface area contributed by atoms with E-state index in [1.165, 1.54) is 11.8 Å². The molecule has 0 radical (unpaired) electrons. The molecular formula is C12H15ClN4O3S. The van der Waals surface area contributed by atoms with E-state index in [0.717, 1.165) is 17.0 Å². The second kappa shape index (κ2) is 7.30. The van der Waals surface area contributed by atoms with Crippen molar-refractivity contribution in [3.8, 4) is 0 Å². The maximum atomic E-state index is 11.9. The number of anilines is 1. The van der Waals surface area contributed by atoms with Crippen LogP contribution in [-0.4, -0.2) is 41.5 Å². The number of nitrogens with zero attached hydrogens (tertiary/aromatic N) is 3. The van der Waals surface area contributed by atoms with E-state index in [0.29, 0.717) is 11.4 Å². The molecule has 0 bridgehead atoms. The number of nitrogens with one attached hydrogen (secondary N) is 1. The van der Waals surface area contributed by atoms with Crippen molar-refractivity contribution in [3.05, 3.63) is 18.2 Å². The second-order valence-electron chi connectivity index (χ2n) is 4.42. The number of amides is 1. The summed E-state index contributed by atoms with van der Waals surface area (Å²) in [6.45, 7) is 1.52. The van der Waals surface area contributed by atoms with Crippen molar-refractivity contribution in [1.29, 1.82) is 0 Å². The van der Waals surface area contributed by atoms with Gasteiger partial charge in [0.25, 0.3) is 0 Å². The summed E-state index contributed by atoms with van der Waals surface area (Å²) in [5, 5.41) is 11.6. The molecule has 114 valence electrons. The summed E-state index contributed by atoms with van der Waals surface area (Å²) in [4.78, 5) is 24.2. The molecule has 2 rings (SSSR count). The van der Waals surface area contributed by atoms with Crippen LogP contribution < -0.4 is 5.32 Å². The molecule has 0 saturated heterocycles. The van der Waals surface area contributed by atoms with E-state index < -0.39 is 12.0 Å². The zero-order chi connectivity index (χ0) is 14.7. The average molecular weight is 331 g/mol. The van der Waals surface area contributed by atoms with Crippen molar-refractivity contribution >= 4 is 52.7 Å². The lowest BCUT2D eigenvalue weighted by atomic mass is 10.2. The third kappa shape index (κ3) is 4.10. The molecule has 1 amide bonds. The Labute approximate surface area is 131 Å². The Morgan fingerprint density at radius 1 is 1.43 bits per heavy atom. The van der Waals surface area contributed by atoms with Crippen LogP contribution >= 0.6 is 12.4 Å². The maximum Gasteiger partial charge on any atom is 0.320 e. The van der Waals surface area contributed by atoms with Gasteiger partial charge in [0.05, 0.1) is 23.6 Å². The molecule has 2 N–H and O–H groups in total. The Morgan fingerprint density at radius 3 is 2.81 bits per heavy atom. The molecule has 1 heterocycles. The zero-order valence-electron chi connectivity index (χ0n) is 11.4. The summed E-state index contributed by atoms with van der Waals surface area (Å²) >= 11 is 1.08. The topological polar surface area (TPSA) is 94.4 Å². The van der Waals surface area contributed by atoms with Gasteiger partial charge in [-0.15, -0.1) is 12.4 Å². The number of carboxylic acid groups (broad SMARTS) is 1. The maximum absolute atomic E-state index is 11.9. The van der Waals surface area contributed by atoms with Crippen molar-refractivity contribution in [2.45, 2.75) is 13.0 Å². The van der Waals surface area contributed by atoms with E-state index in [2.05, 4.69) is 14.0 Å². The highest BCUT2D eigenvalue weighted by Crippen LogP contribution is 2.38. The van der Waals surface area contributed by atoms with Crippen molar-refractivity contribution < 1.29 is 14.7 Å². The fourth-order valence-corrected chi connectivity index (χ4v) is 2.20. The highest BCUT2D eigenvalue weighted by atomic mass is 35.5. The van der Waals surface area contributed by atoms with E-state index in [4.69, 9.17) is 5.11 Å². The number of fused-ring (bicyclic) bond motifs is 1. The van der Waals surface area contributed by atoms with Gasteiger partial charge in [-0.25, -0.2) is 0 Å². The van der Waals surface area contributed by atoms with Gasteiger partial charge in [0, 0.05) is 0 Å². The Balaban J connectivity index is 0.00000220. The standard InChI is InChI=1S/C12H14N4O3S.ClH/c1-7(12(18)19)16(2)6-10(17)13-8-4-3-5-9-11(8)15-20-14-9;/h3-5,7H,6H2,1-2H3,(H,13,17)(H,18,19);1H. The van der Waals surface area contributed by atoms with Crippen LogP contribution in [0, 0.1) is 0 Å². The van der Waals surface area contributed by atoms with Crippen molar-refractivity contribution in [1.82, 2.24) is 4.90 Å². The number of hydrogen-bond donors (Lipinski definition) is 2. The van der Waals surface area contributed by atoms with Crippen LogP contribution in [0.3, 0.4) is 0 Å². The van der Waals surface area contributed by atoms with E-state index in [9.17, 15) is 9.59 Å². The van der Waals surface area contributed by atoms with E-state index >= 15 is 0 Å². The highest BCUT2D eigenvalue weighted by Gasteiger charge is 2.20. The molecule has 1 aliphatic rings. The van der Waals surface area contributed by atoms with Gasteiger partial charge >= 0.3 is 5.97 Å². The number of carbonyl (C=O) groups excluding carboxylic acids is 1. The first-order valence-electron chi connectivity index (χ1n) is 5.93. The Morgan fingerprint density at radius 2 is 2.14 bits per heavy atom. The minimum Gasteiger partial charge on any atom is -0.480 e. The molecule has 7 nitrogen and oxygen atoms in total.